The minimum absolute atomic E-state index is 0.231. The van der Waals surface area contributed by atoms with Crippen molar-refractivity contribution in [2.75, 3.05) is 19.6 Å². The molecule has 1 saturated heterocycles. The van der Waals surface area contributed by atoms with Gasteiger partial charge in [-0.25, -0.2) is 0 Å². The maximum absolute atomic E-state index is 12.6. The lowest BCUT2D eigenvalue weighted by molar-refractivity contribution is 0.0606. The molecule has 18 heavy (non-hydrogen) atoms. The summed E-state index contributed by atoms with van der Waals surface area (Å²) < 4.78 is 0. The van der Waals surface area contributed by atoms with E-state index >= 15 is 0 Å². The number of carbonyl (C=O) groups excluding carboxylic acids is 1. The van der Waals surface area contributed by atoms with Gasteiger partial charge < -0.3 is 10.2 Å². The summed E-state index contributed by atoms with van der Waals surface area (Å²) >= 11 is 0. The highest BCUT2D eigenvalue weighted by Gasteiger charge is 2.34. The molecule has 0 bridgehead atoms. The lowest BCUT2D eigenvalue weighted by Crippen LogP contribution is -2.56. The van der Waals surface area contributed by atoms with E-state index in [2.05, 4.69) is 32.2 Å². The lowest BCUT2D eigenvalue weighted by Gasteiger charge is -2.41. The number of nitrogens with zero attached hydrogens (tertiary/aromatic N) is 1. The van der Waals surface area contributed by atoms with Crippen molar-refractivity contribution in [3.63, 3.8) is 0 Å². The van der Waals surface area contributed by atoms with E-state index in [1.165, 1.54) is 22.3 Å². The van der Waals surface area contributed by atoms with E-state index < -0.39 is 0 Å². The van der Waals surface area contributed by atoms with Crippen LogP contribution in [0.5, 0.6) is 0 Å². The van der Waals surface area contributed by atoms with E-state index in [-0.39, 0.29) is 5.91 Å². The predicted molar refractivity (Wildman–Crippen MR) is 72.1 cm³/mol. The van der Waals surface area contributed by atoms with Crippen LogP contribution in [0.4, 0.5) is 0 Å². The molecule has 3 heteroatoms. The number of amides is 1. The maximum Gasteiger partial charge on any atom is 0.254 e. The second-order valence-electron chi connectivity index (χ2n) is 5.53. The first-order valence-corrected chi connectivity index (χ1v) is 6.71. The Balaban J connectivity index is 2.13. The van der Waals surface area contributed by atoms with E-state index in [1.807, 2.05) is 4.90 Å². The fraction of sp³-hybridized carbons (Fsp3) is 0.533. The molecule has 1 N–H and O–H groups in total. The molecule has 0 aliphatic carbocycles. The number of piperazine rings is 1. The third-order valence-electron chi connectivity index (χ3n) is 4.57. The predicted octanol–water partition coefficient (Wildman–Crippen LogP) is 1.58. The summed E-state index contributed by atoms with van der Waals surface area (Å²) in [5.41, 5.74) is 6.08. The average Bonchev–Trinajstić information content (AvgIpc) is 2.38. The molecule has 1 atom stereocenters. The summed E-state index contributed by atoms with van der Waals surface area (Å²) in [5, 5.41) is 3.39. The first kappa shape index (κ1) is 11.7. The minimum atomic E-state index is 0.231. The van der Waals surface area contributed by atoms with E-state index in [9.17, 15) is 4.79 Å². The van der Waals surface area contributed by atoms with Gasteiger partial charge in [0.1, 0.15) is 0 Å². The smallest absolute Gasteiger partial charge is 0.254 e. The Morgan fingerprint density at radius 3 is 2.83 bits per heavy atom. The standard InChI is InChI=1S/C15H20N2O/c1-9-6-14-13(11(3)10(9)2)7-12-8-16-4-5-17(12)15(14)18/h6,12,16H,4-5,7-8H2,1-3H3/t12-/m1/s1. The van der Waals surface area contributed by atoms with E-state index in [0.717, 1.165) is 31.6 Å². The molecule has 2 heterocycles. The van der Waals surface area contributed by atoms with Gasteiger partial charge >= 0.3 is 0 Å². The van der Waals surface area contributed by atoms with Gasteiger partial charge in [0.05, 0.1) is 0 Å². The van der Waals surface area contributed by atoms with Crippen LogP contribution in [0.25, 0.3) is 0 Å². The molecule has 2 aliphatic rings. The Hall–Kier alpha value is -1.35. The molecule has 0 saturated carbocycles. The Kier molecular flexibility index (Phi) is 2.67. The molecule has 0 radical (unpaired) electrons. The highest BCUT2D eigenvalue weighted by atomic mass is 16.2. The molecular weight excluding hydrogens is 224 g/mol. The monoisotopic (exact) mass is 244 g/mol. The van der Waals surface area contributed by atoms with Crippen LogP contribution >= 0.6 is 0 Å². The van der Waals surface area contributed by atoms with Crippen LogP contribution in [-0.2, 0) is 6.42 Å². The molecule has 2 aliphatic heterocycles. The zero-order valence-electron chi connectivity index (χ0n) is 11.3. The number of carbonyl (C=O) groups is 1. The normalized spacial score (nSPS) is 22.7. The van der Waals surface area contributed by atoms with E-state index in [4.69, 9.17) is 0 Å². The highest BCUT2D eigenvalue weighted by molar-refractivity contribution is 5.98. The van der Waals surface area contributed by atoms with Crippen molar-refractivity contribution < 1.29 is 4.79 Å². The van der Waals surface area contributed by atoms with Crippen molar-refractivity contribution in [1.82, 2.24) is 10.2 Å². The topological polar surface area (TPSA) is 32.3 Å². The third-order valence-corrected chi connectivity index (χ3v) is 4.57. The fourth-order valence-electron chi connectivity index (χ4n) is 3.19. The van der Waals surface area contributed by atoms with Gasteiger partial charge in [-0.1, -0.05) is 0 Å². The highest BCUT2D eigenvalue weighted by Crippen LogP contribution is 2.30. The summed E-state index contributed by atoms with van der Waals surface area (Å²) in [6, 6.07) is 2.43. The maximum atomic E-state index is 12.6. The summed E-state index contributed by atoms with van der Waals surface area (Å²) in [6.07, 6.45) is 1.00. The molecule has 3 rings (SSSR count). The molecule has 3 nitrogen and oxygen atoms in total. The molecule has 0 aromatic heterocycles. The summed E-state index contributed by atoms with van der Waals surface area (Å²) in [5.74, 6) is 0.231. The number of rotatable bonds is 0. The molecule has 1 fully saturated rings. The van der Waals surface area contributed by atoms with Crippen molar-refractivity contribution >= 4 is 5.91 Å². The summed E-state index contributed by atoms with van der Waals surface area (Å²) in [4.78, 5) is 14.6. The van der Waals surface area contributed by atoms with Gasteiger partial charge in [0.15, 0.2) is 0 Å². The van der Waals surface area contributed by atoms with Crippen LogP contribution in [0.3, 0.4) is 0 Å². The average molecular weight is 244 g/mol. The Morgan fingerprint density at radius 2 is 2.06 bits per heavy atom. The zero-order valence-corrected chi connectivity index (χ0v) is 11.3. The summed E-state index contributed by atoms with van der Waals surface area (Å²) in [6.45, 7) is 9.09. The second-order valence-corrected chi connectivity index (χ2v) is 5.53. The van der Waals surface area contributed by atoms with Gasteiger partial charge in [-0.2, -0.15) is 0 Å². The van der Waals surface area contributed by atoms with Crippen molar-refractivity contribution in [2.45, 2.75) is 33.2 Å². The van der Waals surface area contributed by atoms with Crippen molar-refractivity contribution in [2.24, 2.45) is 0 Å². The van der Waals surface area contributed by atoms with Gasteiger partial charge in [0, 0.05) is 31.2 Å². The van der Waals surface area contributed by atoms with Crippen molar-refractivity contribution in [3.8, 4) is 0 Å². The van der Waals surface area contributed by atoms with E-state index in [0.29, 0.717) is 6.04 Å². The van der Waals surface area contributed by atoms with Crippen LogP contribution in [0.1, 0.15) is 32.6 Å². The number of benzene rings is 1. The number of hydrogen-bond donors (Lipinski definition) is 1. The quantitative estimate of drug-likeness (QED) is 0.751. The van der Waals surface area contributed by atoms with Crippen LogP contribution in [-0.4, -0.2) is 36.5 Å². The summed E-state index contributed by atoms with van der Waals surface area (Å²) in [7, 11) is 0. The molecule has 1 aromatic carbocycles. The van der Waals surface area contributed by atoms with Crippen LogP contribution < -0.4 is 5.32 Å². The minimum Gasteiger partial charge on any atom is -0.333 e. The Labute approximate surface area is 108 Å². The van der Waals surface area contributed by atoms with Crippen molar-refractivity contribution in [3.05, 3.63) is 33.9 Å². The first-order valence-electron chi connectivity index (χ1n) is 6.71. The van der Waals surface area contributed by atoms with Gasteiger partial charge in [-0.15, -0.1) is 0 Å². The number of nitrogens with one attached hydrogen (secondary N) is 1. The van der Waals surface area contributed by atoms with Gasteiger partial charge in [-0.3, -0.25) is 4.79 Å². The van der Waals surface area contributed by atoms with Gasteiger partial charge in [0.25, 0.3) is 5.91 Å². The van der Waals surface area contributed by atoms with E-state index in [1.54, 1.807) is 0 Å². The molecule has 96 valence electrons. The Morgan fingerprint density at radius 1 is 1.28 bits per heavy atom. The lowest BCUT2D eigenvalue weighted by atomic mass is 9.85. The number of fused-ring (bicyclic) bond motifs is 2. The molecule has 0 spiro atoms. The first-order chi connectivity index (χ1) is 8.59. The van der Waals surface area contributed by atoms with Gasteiger partial charge in [0.2, 0.25) is 0 Å². The molecular formula is C15H20N2O. The van der Waals surface area contributed by atoms with Crippen molar-refractivity contribution in [1.29, 1.82) is 0 Å². The third kappa shape index (κ3) is 1.57. The number of aryl methyl sites for hydroxylation is 1. The molecule has 0 unspecified atom stereocenters. The SMILES string of the molecule is Cc1cc2c(c(C)c1C)C[C@@H]1CNCCN1C2=O. The Bertz CT molecular complexity index is 522. The molecule has 1 aromatic rings. The van der Waals surface area contributed by atoms with Crippen LogP contribution in [0, 0.1) is 20.8 Å². The fourth-order valence-corrected chi connectivity index (χ4v) is 3.19. The van der Waals surface area contributed by atoms with Crippen LogP contribution in [0.15, 0.2) is 6.07 Å². The molecule has 1 amide bonds. The van der Waals surface area contributed by atoms with Crippen LogP contribution in [0.2, 0.25) is 0 Å². The second kappa shape index (κ2) is 4.09. The zero-order chi connectivity index (χ0) is 12.9. The largest absolute Gasteiger partial charge is 0.333 e. The van der Waals surface area contributed by atoms with Gasteiger partial charge in [-0.05, 0) is 55.5 Å². The number of hydrogen-bond acceptors (Lipinski definition) is 2.